The predicted octanol–water partition coefficient (Wildman–Crippen LogP) is 1.81. The Morgan fingerprint density at radius 1 is 1.53 bits per heavy atom. The fourth-order valence-electron chi connectivity index (χ4n) is 1.35. The fraction of sp³-hybridized carbons (Fsp3) is 0.417. The fourth-order valence-corrected chi connectivity index (χ4v) is 1.76. The van der Waals surface area contributed by atoms with E-state index in [-0.39, 0.29) is 12.3 Å². The number of benzene rings is 1. The lowest BCUT2D eigenvalue weighted by molar-refractivity contribution is -0.118. The van der Waals surface area contributed by atoms with Gasteiger partial charge in [-0.25, -0.2) is 0 Å². The van der Waals surface area contributed by atoms with E-state index in [1.165, 1.54) is 0 Å². The molecule has 0 fully saturated rings. The van der Waals surface area contributed by atoms with E-state index in [1.54, 1.807) is 0 Å². The van der Waals surface area contributed by atoms with Crippen LogP contribution in [0, 0.1) is 0 Å². The Morgan fingerprint density at radius 2 is 2.29 bits per heavy atom. The highest BCUT2D eigenvalue weighted by Crippen LogP contribution is 2.23. The highest BCUT2D eigenvalue weighted by Gasteiger charge is 2.05. The number of carbonyl (C=O) groups is 1. The summed E-state index contributed by atoms with van der Waals surface area (Å²) in [6.07, 6.45) is 0.233. The summed E-state index contributed by atoms with van der Waals surface area (Å²) >= 11 is 3.42. The van der Waals surface area contributed by atoms with E-state index in [0.717, 1.165) is 28.9 Å². The summed E-state index contributed by atoms with van der Waals surface area (Å²) in [4.78, 5) is 10.6. The standard InChI is InChI=1S/C12H17BrN2O2/c1-2-15-8-9-7-10(13)3-4-11(9)17-6-5-12(14)16/h3-4,7,15H,2,5-6,8H2,1H3,(H2,14,16). The Hall–Kier alpha value is -1.07. The first-order valence-electron chi connectivity index (χ1n) is 5.53. The van der Waals surface area contributed by atoms with Gasteiger partial charge in [-0.2, -0.15) is 0 Å². The van der Waals surface area contributed by atoms with Gasteiger partial charge >= 0.3 is 0 Å². The summed E-state index contributed by atoms with van der Waals surface area (Å²) < 4.78 is 6.55. The molecule has 1 rings (SSSR count). The highest BCUT2D eigenvalue weighted by atomic mass is 79.9. The predicted molar refractivity (Wildman–Crippen MR) is 70.8 cm³/mol. The molecule has 0 spiro atoms. The molecule has 1 amide bonds. The lowest BCUT2D eigenvalue weighted by atomic mass is 10.2. The molecule has 1 aromatic carbocycles. The lowest BCUT2D eigenvalue weighted by Gasteiger charge is -2.11. The third-order valence-corrected chi connectivity index (χ3v) is 2.69. The molecule has 3 N–H and O–H groups in total. The third kappa shape index (κ3) is 5.19. The van der Waals surface area contributed by atoms with Crippen molar-refractivity contribution in [1.82, 2.24) is 5.32 Å². The van der Waals surface area contributed by atoms with Crippen LogP contribution < -0.4 is 15.8 Å². The average molecular weight is 301 g/mol. The molecule has 5 heteroatoms. The van der Waals surface area contributed by atoms with Crippen LogP contribution in [0.2, 0.25) is 0 Å². The molecule has 0 saturated carbocycles. The van der Waals surface area contributed by atoms with Crippen molar-refractivity contribution in [3.8, 4) is 5.75 Å². The van der Waals surface area contributed by atoms with Gasteiger partial charge in [0.05, 0.1) is 13.0 Å². The number of nitrogens with two attached hydrogens (primary N) is 1. The van der Waals surface area contributed by atoms with E-state index in [0.29, 0.717) is 6.61 Å². The topological polar surface area (TPSA) is 64.3 Å². The minimum Gasteiger partial charge on any atom is -0.493 e. The van der Waals surface area contributed by atoms with Crippen molar-refractivity contribution in [2.24, 2.45) is 5.73 Å². The molecule has 4 nitrogen and oxygen atoms in total. The SMILES string of the molecule is CCNCc1cc(Br)ccc1OCCC(N)=O. The lowest BCUT2D eigenvalue weighted by Crippen LogP contribution is -2.16. The van der Waals surface area contributed by atoms with Crippen LogP contribution in [0.15, 0.2) is 22.7 Å². The molecular formula is C12H17BrN2O2. The van der Waals surface area contributed by atoms with Gasteiger partial charge in [-0.3, -0.25) is 4.79 Å². The monoisotopic (exact) mass is 300 g/mol. The zero-order valence-electron chi connectivity index (χ0n) is 9.83. The Kier molecular flexibility index (Phi) is 6.00. The van der Waals surface area contributed by atoms with Gasteiger partial charge in [0.1, 0.15) is 5.75 Å². The number of amides is 1. The van der Waals surface area contributed by atoms with Gasteiger partial charge in [-0.05, 0) is 24.7 Å². The van der Waals surface area contributed by atoms with E-state index in [4.69, 9.17) is 10.5 Å². The summed E-state index contributed by atoms with van der Waals surface area (Å²) in [6, 6.07) is 5.80. The first-order valence-corrected chi connectivity index (χ1v) is 6.33. The maximum Gasteiger partial charge on any atom is 0.220 e. The largest absolute Gasteiger partial charge is 0.493 e. The minimum absolute atomic E-state index is 0.233. The number of hydrogen-bond donors (Lipinski definition) is 2. The Morgan fingerprint density at radius 3 is 2.94 bits per heavy atom. The van der Waals surface area contributed by atoms with E-state index in [9.17, 15) is 4.79 Å². The summed E-state index contributed by atoms with van der Waals surface area (Å²) in [5.41, 5.74) is 6.12. The highest BCUT2D eigenvalue weighted by molar-refractivity contribution is 9.10. The van der Waals surface area contributed by atoms with Crippen LogP contribution in [-0.4, -0.2) is 19.1 Å². The first kappa shape index (κ1) is 14.0. The average Bonchev–Trinajstić information content (AvgIpc) is 2.28. The van der Waals surface area contributed by atoms with E-state index >= 15 is 0 Å². The van der Waals surface area contributed by atoms with Gasteiger partial charge in [-0.15, -0.1) is 0 Å². The number of ether oxygens (including phenoxy) is 1. The number of rotatable bonds is 7. The van der Waals surface area contributed by atoms with Crippen molar-refractivity contribution < 1.29 is 9.53 Å². The van der Waals surface area contributed by atoms with Crippen molar-refractivity contribution in [2.75, 3.05) is 13.2 Å². The van der Waals surface area contributed by atoms with E-state index < -0.39 is 0 Å². The molecule has 0 heterocycles. The van der Waals surface area contributed by atoms with Gasteiger partial charge in [0.25, 0.3) is 0 Å². The molecule has 0 aliphatic heterocycles. The Balaban J connectivity index is 2.64. The molecule has 0 atom stereocenters. The number of nitrogens with one attached hydrogen (secondary N) is 1. The van der Waals surface area contributed by atoms with Crippen LogP contribution in [0.4, 0.5) is 0 Å². The molecule has 0 aromatic heterocycles. The second-order valence-electron chi connectivity index (χ2n) is 3.60. The van der Waals surface area contributed by atoms with Crippen molar-refractivity contribution in [2.45, 2.75) is 19.9 Å². The van der Waals surface area contributed by atoms with Crippen molar-refractivity contribution in [1.29, 1.82) is 0 Å². The van der Waals surface area contributed by atoms with Gasteiger partial charge in [0.15, 0.2) is 0 Å². The number of hydrogen-bond acceptors (Lipinski definition) is 3. The first-order chi connectivity index (χ1) is 8.13. The molecule has 0 radical (unpaired) electrons. The third-order valence-electron chi connectivity index (χ3n) is 2.19. The van der Waals surface area contributed by atoms with Crippen LogP contribution in [0.25, 0.3) is 0 Å². The van der Waals surface area contributed by atoms with E-state index in [1.807, 2.05) is 25.1 Å². The van der Waals surface area contributed by atoms with Crippen molar-refractivity contribution in [3.05, 3.63) is 28.2 Å². The zero-order valence-corrected chi connectivity index (χ0v) is 11.4. The van der Waals surface area contributed by atoms with Gasteiger partial charge in [0, 0.05) is 16.6 Å². The maximum absolute atomic E-state index is 10.6. The molecule has 0 saturated heterocycles. The maximum atomic E-state index is 10.6. The molecule has 0 aliphatic carbocycles. The van der Waals surface area contributed by atoms with Gasteiger partial charge in [-0.1, -0.05) is 22.9 Å². The zero-order chi connectivity index (χ0) is 12.7. The van der Waals surface area contributed by atoms with Crippen LogP contribution in [0.1, 0.15) is 18.9 Å². The van der Waals surface area contributed by atoms with Crippen LogP contribution in [0.3, 0.4) is 0 Å². The van der Waals surface area contributed by atoms with Crippen LogP contribution in [-0.2, 0) is 11.3 Å². The Labute approximate surface area is 110 Å². The second-order valence-corrected chi connectivity index (χ2v) is 4.51. The normalized spacial score (nSPS) is 10.2. The quantitative estimate of drug-likeness (QED) is 0.807. The van der Waals surface area contributed by atoms with Crippen LogP contribution in [0.5, 0.6) is 5.75 Å². The smallest absolute Gasteiger partial charge is 0.220 e. The summed E-state index contributed by atoms with van der Waals surface area (Å²) in [5, 5.41) is 3.24. The summed E-state index contributed by atoms with van der Waals surface area (Å²) in [7, 11) is 0. The van der Waals surface area contributed by atoms with Gasteiger partial charge < -0.3 is 15.8 Å². The second kappa shape index (κ2) is 7.29. The summed E-state index contributed by atoms with van der Waals surface area (Å²) in [6.45, 7) is 4.00. The van der Waals surface area contributed by atoms with Crippen molar-refractivity contribution in [3.63, 3.8) is 0 Å². The van der Waals surface area contributed by atoms with E-state index in [2.05, 4.69) is 21.2 Å². The van der Waals surface area contributed by atoms with Gasteiger partial charge in [0.2, 0.25) is 5.91 Å². The van der Waals surface area contributed by atoms with Crippen molar-refractivity contribution >= 4 is 21.8 Å². The summed E-state index contributed by atoms with van der Waals surface area (Å²) in [5.74, 6) is 0.436. The Bertz CT molecular complexity index is 383. The molecule has 0 bridgehead atoms. The minimum atomic E-state index is -0.352. The van der Waals surface area contributed by atoms with Crippen LogP contribution >= 0.6 is 15.9 Å². The molecular weight excluding hydrogens is 284 g/mol. The molecule has 1 aromatic rings. The molecule has 0 unspecified atom stereocenters. The number of halogens is 1. The molecule has 94 valence electrons. The molecule has 17 heavy (non-hydrogen) atoms. The number of carbonyl (C=O) groups excluding carboxylic acids is 1. The molecule has 0 aliphatic rings. The number of primary amides is 1.